The van der Waals surface area contributed by atoms with Crippen LogP contribution in [0.4, 0.5) is 5.82 Å². The number of anilines is 1. The summed E-state index contributed by atoms with van der Waals surface area (Å²) < 4.78 is 26.9. The lowest BCUT2D eigenvalue weighted by molar-refractivity contribution is -0.143. The average molecular weight is 572 g/mol. The Balaban J connectivity index is 1.17. The summed E-state index contributed by atoms with van der Waals surface area (Å²) in [4.78, 5) is 41.4. The zero-order valence-corrected chi connectivity index (χ0v) is 23.5. The second-order valence-electron chi connectivity index (χ2n) is 10.3. The number of hydrogen-bond donors (Lipinski definition) is 4. The summed E-state index contributed by atoms with van der Waals surface area (Å²) in [7, 11) is -3.73. The summed E-state index contributed by atoms with van der Waals surface area (Å²) in [5, 5.41) is 17.9. The number of amides is 2. The molecule has 11 nitrogen and oxygen atoms in total. The molecule has 1 aromatic carbocycles. The number of carbonyl (C=O) groups is 3. The highest BCUT2D eigenvalue weighted by Gasteiger charge is 2.41. The fourth-order valence-corrected chi connectivity index (χ4v) is 6.37. The lowest BCUT2D eigenvalue weighted by Gasteiger charge is -2.37. The van der Waals surface area contributed by atoms with Crippen molar-refractivity contribution < 1.29 is 27.9 Å². The highest BCUT2D eigenvalue weighted by Crippen LogP contribution is 2.26. The van der Waals surface area contributed by atoms with Crippen LogP contribution in [0.2, 0.25) is 0 Å². The second-order valence-corrected chi connectivity index (χ2v) is 12.2. The molecule has 40 heavy (non-hydrogen) atoms. The van der Waals surface area contributed by atoms with E-state index in [4.69, 9.17) is 0 Å². The average Bonchev–Trinajstić information content (AvgIpc) is 2.92. The summed E-state index contributed by atoms with van der Waals surface area (Å²) in [5.74, 6) is -1.84. The minimum atomic E-state index is -3.73. The van der Waals surface area contributed by atoms with E-state index in [1.807, 2.05) is 19.1 Å². The van der Waals surface area contributed by atoms with Crippen molar-refractivity contribution in [3.05, 3.63) is 53.2 Å². The number of rotatable bonds is 13. The zero-order chi connectivity index (χ0) is 28.7. The summed E-state index contributed by atoms with van der Waals surface area (Å²) in [6.45, 7) is 2.55. The largest absolute Gasteiger partial charge is 0.480 e. The van der Waals surface area contributed by atoms with Crippen molar-refractivity contribution in [3.8, 4) is 0 Å². The molecule has 0 spiro atoms. The van der Waals surface area contributed by atoms with Gasteiger partial charge in [-0.05, 0) is 67.9 Å². The van der Waals surface area contributed by atoms with E-state index in [1.165, 1.54) is 15.9 Å². The van der Waals surface area contributed by atoms with Crippen molar-refractivity contribution in [3.63, 3.8) is 0 Å². The van der Waals surface area contributed by atoms with Crippen molar-refractivity contribution in [2.75, 3.05) is 31.5 Å². The molecule has 1 fully saturated rings. The molecular weight excluding hydrogens is 534 g/mol. The molecule has 12 heteroatoms. The van der Waals surface area contributed by atoms with E-state index in [-0.39, 0.29) is 36.9 Å². The summed E-state index contributed by atoms with van der Waals surface area (Å²) in [6.07, 6.45) is 5.20. The van der Waals surface area contributed by atoms with Crippen LogP contribution in [-0.2, 0) is 43.7 Å². The number of carbonyl (C=O) groups excluding carboxylic acids is 2. The Bertz CT molecular complexity index is 1340. The molecule has 1 atom stereocenters. The first-order chi connectivity index (χ1) is 19.2. The number of carboxylic acid groups (broad SMARTS) is 1. The Morgan fingerprint density at radius 1 is 1.18 bits per heavy atom. The van der Waals surface area contributed by atoms with Gasteiger partial charge in [-0.1, -0.05) is 25.1 Å². The molecule has 1 aromatic heterocycles. The van der Waals surface area contributed by atoms with Gasteiger partial charge >= 0.3 is 5.97 Å². The molecule has 4 N–H and O–H groups in total. The molecule has 1 saturated heterocycles. The predicted octanol–water partition coefficient (Wildman–Crippen LogP) is 1.72. The third-order valence-corrected chi connectivity index (χ3v) is 9.15. The molecule has 216 valence electrons. The molecule has 4 rings (SSSR count). The molecule has 2 amide bonds. The van der Waals surface area contributed by atoms with Gasteiger partial charge in [0.15, 0.2) is 0 Å². The van der Waals surface area contributed by atoms with E-state index in [0.29, 0.717) is 12.8 Å². The van der Waals surface area contributed by atoms with Crippen molar-refractivity contribution in [2.45, 2.75) is 62.8 Å². The Morgan fingerprint density at radius 3 is 2.73 bits per heavy atom. The van der Waals surface area contributed by atoms with Gasteiger partial charge in [-0.2, -0.15) is 4.31 Å². The Kier molecular flexibility index (Phi) is 9.75. The van der Waals surface area contributed by atoms with Crippen LogP contribution in [0.3, 0.4) is 0 Å². The Hall–Kier alpha value is -3.51. The van der Waals surface area contributed by atoms with Gasteiger partial charge in [0.2, 0.25) is 21.8 Å². The Labute approximate surface area is 234 Å². The van der Waals surface area contributed by atoms with Crippen LogP contribution in [0.15, 0.2) is 41.3 Å². The maximum absolute atomic E-state index is 12.9. The van der Waals surface area contributed by atoms with Crippen LogP contribution in [0.1, 0.15) is 49.4 Å². The fourth-order valence-electron chi connectivity index (χ4n) is 4.77. The summed E-state index contributed by atoms with van der Waals surface area (Å²) in [5.41, 5.74) is 3.09. The first-order valence-corrected chi connectivity index (χ1v) is 15.2. The van der Waals surface area contributed by atoms with Crippen molar-refractivity contribution in [1.82, 2.24) is 19.9 Å². The topological polar surface area (TPSA) is 158 Å². The molecule has 0 saturated carbocycles. The zero-order valence-electron chi connectivity index (χ0n) is 22.7. The number of sulfonamides is 1. The smallest absolute Gasteiger partial charge is 0.328 e. The number of carboxylic acids is 1. The number of fused-ring (bicyclic) bond motifs is 1. The maximum atomic E-state index is 12.9. The molecule has 3 heterocycles. The summed E-state index contributed by atoms with van der Waals surface area (Å²) in [6, 6.07) is 9.49. The second kappa shape index (κ2) is 13.2. The molecular formula is C28H37N5O6S. The number of unbranched alkanes of at least 4 members (excludes halogenated alkanes) is 1. The van der Waals surface area contributed by atoms with Crippen LogP contribution < -0.4 is 16.0 Å². The normalized spacial score (nSPS) is 16.2. The number of aryl methyl sites for hydroxylation is 3. The third-order valence-electron chi connectivity index (χ3n) is 7.32. The van der Waals surface area contributed by atoms with Crippen molar-refractivity contribution in [2.24, 2.45) is 5.92 Å². The fraction of sp³-hybridized carbons (Fsp3) is 0.500. The maximum Gasteiger partial charge on any atom is 0.328 e. The van der Waals surface area contributed by atoms with Gasteiger partial charge in [-0.15, -0.1) is 0 Å². The first-order valence-electron chi connectivity index (χ1n) is 13.8. The van der Waals surface area contributed by atoms with E-state index in [2.05, 4.69) is 27.0 Å². The van der Waals surface area contributed by atoms with Crippen molar-refractivity contribution in [1.29, 1.82) is 0 Å². The minimum Gasteiger partial charge on any atom is -0.480 e. The molecule has 0 bridgehead atoms. The lowest BCUT2D eigenvalue weighted by Crippen LogP contribution is -2.58. The van der Waals surface area contributed by atoms with E-state index < -0.39 is 33.9 Å². The lowest BCUT2D eigenvalue weighted by atomic mass is 10.0. The van der Waals surface area contributed by atoms with E-state index in [0.717, 1.165) is 49.3 Å². The van der Waals surface area contributed by atoms with E-state index in [9.17, 15) is 27.9 Å². The highest BCUT2D eigenvalue weighted by atomic mass is 32.2. The van der Waals surface area contributed by atoms with Gasteiger partial charge in [0.25, 0.3) is 0 Å². The van der Waals surface area contributed by atoms with Crippen LogP contribution in [0.25, 0.3) is 0 Å². The van der Waals surface area contributed by atoms with Gasteiger partial charge in [0.05, 0.1) is 10.8 Å². The van der Waals surface area contributed by atoms with Gasteiger partial charge in [-0.3, -0.25) is 9.59 Å². The summed E-state index contributed by atoms with van der Waals surface area (Å²) >= 11 is 0. The van der Waals surface area contributed by atoms with Gasteiger partial charge in [0.1, 0.15) is 11.9 Å². The molecule has 2 aromatic rings. The number of aromatic nitrogens is 1. The van der Waals surface area contributed by atoms with E-state index in [1.54, 1.807) is 12.1 Å². The van der Waals surface area contributed by atoms with Crippen LogP contribution in [0, 0.1) is 5.92 Å². The molecule has 0 unspecified atom stereocenters. The van der Waals surface area contributed by atoms with Gasteiger partial charge in [-0.25, -0.2) is 18.2 Å². The monoisotopic (exact) mass is 571 g/mol. The Morgan fingerprint density at radius 2 is 1.98 bits per heavy atom. The molecule has 0 radical (unpaired) electrons. The standard InChI is InChI=1S/C28H37N5O6S/c1-2-19-7-5-10-23(15-19)40(38,39)33-17-21(18-33)27(35)32-24(28(36)37)16-30-25(34)11-4-3-9-22-13-12-20-8-6-14-29-26(20)31-22/h5,7,10,12-13,15,21,24H,2-4,6,8-9,11,14,16-18H2,1H3,(H,29,31)(H,30,34)(H,32,35)(H,36,37)/t24-/m0/s1. The number of hydrogen-bond acceptors (Lipinski definition) is 7. The number of benzene rings is 1. The van der Waals surface area contributed by atoms with Crippen LogP contribution >= 0.6 is 0 Å². The number of nitrogens with one attached hydrogen (secondary N) is 3. The highest BCUT2D eigenvalue weighted by molar-refractivity contribution is 7.89. The number of aliphatic carboxylic acids is 1. The van der Waals surface area contributed by atoms with Crippen LogP contribution in [0.5, 0.6) is 0 Å². The molecule has 2 aliphatic rings. The van der Waals surface area contributed by atoms with Crippen molar-refractivity contribution >= 4 is 33.6 Å². The van der Waals surface area contributed by atoms with Crippen LogP contribution in [-0.4, -0.2) is 72.8 Å². The quantitative estimate of drug-likeness (QED) is 0.265. The number of nitrogens with zero attached hydrogens (tertiary/aromatic N) is 2. The van der Waals surface area contributed by atoms with E-state index >= 15 is 0 Å². The molecule has 2 aliphatic heterocycles. The minimum absolute atomic E-state index is 0.0294. The SMILES string of the molecule is CCc1cccc(S(=O)(=O)N2CC(C(=O)N[C@@H](CNC(=O)CCCCc3ccc4c(n3)NCCC4)C(=O)O)C2)c1. The number of pyridine rings is 1. The first kappa shape index (κ1) is 29.5. The molecule has 0 aliphatic carbocycles. The van der Waals surface area contributed by atoms with Gasteiger partial charge in [0, 0.05) is 38.3 Å². The van der Waals surface area contributed by atoms with Gasteiger partial charge < -0.3 is 21.1 Å². The third kappa shape index (κ3) is 7.36. The predicted molar refractivity (Wildman–Crippen MR) is 149 cm³/mol.